The van der Waals surface area contributed by atoms with Gasteiger partial charge < -0.3 is 9.90 Å². The van der Waals surface area contributed by atoms with Gasteiger partial charge in [0, 0.05) is 0 Å². The number of allylic oxidation sites excluding steroid dienone is 4. The predicted octanol–water partition coefficient (Wildman–Crippen LogP) is 4.81. The van der Waals surface area contributed by atoms with E-state index in [0.717, 1.165) is 17.7 Å². The van der Waals surface area contributed by atoms with Crippen molar-refractivity contribution in [1.29, 1.82) is 0 Å². The van der Waals surface area contributed by atoms with Crippen LogP contribution in [0.5, 0.6) is 5.75 Å². The summed E-state index contributed by atoms with van der Waals surface area (Å²) in [5, 5.41) is 11.5. The van der Waals surface area contributed by atoms with Crippen molar-refractivity contribution in [3.05, 3.63) is 34.6 Å². The summed E-state index contributed by atoms with van der Waals surface area (Å²) in [6.45, 7) is 7.18. The molecule has 0 unspecified atom stereocenters. The molecule has 0 aliphatic rings. The van der Waals surface area contributed by atoms with Gasteiger partial charge in [-0.1, -0.05) is 25.2 Å². The molecule has 0 fully saturated rings. The molecule has 2 nitrogen and oxygen atoms in total. The molecule has 1 rings (SSSR count). The second kappa shape index (κ2) is 9.66. The van der Waals surface area contributed by atoms with Crippen LogP contribution in [0.1, 0.15) is 45.4 Å². The molecule has 0 amide bonds. The van der Waals surface area contributed by atoms with Gasteiger partial charge in [-0.25, -0.2) is 0 Å². The quantitative estimate of drug-likeness (QED) is 0.794. The first kappa shape index (κ1) is 16.6. The minimum Gasteiger partial charge on any atom is -0.506 e. The summed E-state index contributed by atoms with van der Waals surface area (Å²) < 4.78 is 0. The molecule has 0 bridgehead atoms. The van der Waals surface area contributed by atoms with E-state index < -0.39 is 0 Å². The third kappa shape index (κ3) is 7.07. The van der Waals surface area contributed by atoms with E-state index in [4.69, 9.17) is 0 Å². The zero-order chi connectivity index (χ0) is 14.0. The largest absolute Gasteiger partial charge is 0.506 e. The van der Waals surface area contributed by atoms with Crippen molar-refractivity contribution in [3.63, 3.8) is 0 Å². The van der Waals surface area contributed by atoms with Crippen molar-refractivity contribution in [3.8, 4) is 5.75 Å². The first-order valence-electron chi connectivity index (χ1n) is 6.07. The van der Waals surface area contributed by atoms with Crippen molar-refractivity contribution >= 4 is 22.7 Å². The number of aromatic hydroxyl groups is 1. The number of carbonyl (C=O) groups is 1. The number of Topliss-reactive ketones (excluding diaryl/α,β-unsaturated/α-hetero) is 1. The Bertz CT molecular complexity index is 410. The molecule has 0 saturated heterocycles. The molecule has 0 aliphatic carbocycles. The SMILES string of the molecule is C/C=C\C/C(=C\CC)c1sccc1O.CC(C)=O. The van der Waals surface area contributed by atoms with E-state index in [1.54, 1.807) is 17.4 Å². The van der Waals surface area contributed by atoms with E-state index in [9.17, 15) is 9.90 Å². The lowest BCUT2D eigenvalue weighted by Gasteiger charge is -2.02. The van der Waals surface area contributed by atoms with Crippen molar-refractivity contribution in [2.45, 2.75) is 40.5 Å². The molecule has 0 spiro atoms. The van der Waals surface area contributed by atoms with Crippen LogP contribution in [0.25, 0.3) is 5.57 Å². The Kier molecular flexibility index (Phi) is 8.93. The topological polar surface area (TPSA) is 37.3 Å². The van der Waals surface area contributed by atoms with Crippen LogP contribution < -0.4 is 0 Å². The Morgan fingerprint density at radius 1 is 1.44 bits per heavy atom. The molecule has 0 atom stereocenters. The van der Waals surface area contributed by atoms with Crippen LogP contribution in [0, 0.1) is 0 Å². The van der Waals surface area contributed by atoms with Gasteiger partial charge in [0.2, 0.25) is 0 Å². The van der Waals surface area contributed by atoms with Gasteiger partial charge in [-0.15, -0.1) is 11.3 Å². The molecule has 18 heavy (non-hydrogen) atoms. The average molecular weight is 266 g/mol. The number of hydrogen-bond acceptors (Lipinski definition) is 3. The highest BCUT2D eigenvalue weighted by Crippen LogP contribution is 2.33. The lowest BCUT2D eigenvalue weighted by atomic mass is 10.1. The highest BCUT2D eigenvalue weighted by Gasteiger charge is 2.06. The van der Waals surface area contributed by atoms with Crippen molar-refractivity contribution in [2.75, 3.05) is 0 Å². The molecule has 1 aromatic heterocycles. The van der Waals surface area contributed by atoms with Gasteiger partial charge in [0.15, 0.2) is 0 Å². The first-order valence-corrected chi connectivity index (χ1v) is 6.95. The average Bonchev–Trinajstić information content (AvgIpc) is 2.70. The van der Waals surface area contributed by atoms with Crippen LogP contribution in [-0.2, 0) is 4.79 Å². The van der Waals surface area contributed by atoms with Crippen molar-refractivity contribution in [1.82, 2.24) is 0 Å². The number of ketones is 1. The van der Waals surface area contributed by atoms with E-state index in [1.807, 2.05) is 18.4 Å². The normalized spacial score (nSPS) is 11.2. The van der Waals surface area contributed by atoms with Crippen LogP contribution in [0.4, 0.5) is 0 Å². The number of thiophene rings is 1. The third-order valence-electron chi connectivity index (χ3n) is 1.96. The minimum atomic E-state index is 0.167. The van der Waals surface area contributed by atoms with Gasteiger partial charge in [0.25, 0.3) is 0 Å². The Morgan fingerprint density at radius 2 is 2.06 bits per heavy atom. The van der Waals surface area contributed by atoms with Crippen LogP contribution in [0.3, 0.4) is 0 Å². The van der Waals surface area contributed by atoms with E-state index in [0.29, 0.717) is 5.75 Å². The lowest BCUT2D eigenvalue weighted by Crippen LogP contribution is -1.79. The molecule has 0 saturated carbocycles. The van der Waals surface area contributed by atoms with E-state index in [-0.39, 0.29) is 5.78 Å². The zero-order valence-electron chi connectivity index (χ0n) is 11.6. The molecule has 3 heteroatoms. The predicted molar refractivity (Wildman–Crippen MR) is 80.0 cm³/mol. The Balaban J connectivity index is 0.000000631. The monoisotopic (exact) mass is 266 g/mol. The summed E-state index contributed by atoms with van der Waals surface area (Å²) in [4.78, 5) is 10.4. The summed E-state index contributed by atoms with van der Waals surface area (Å²) in [5.74, 6) is 0.569. The number of hydrogen-bond donors (Lipinski definition) is 1. The standard InChI is InChI=1S/C12H16OS.C3H6O/c1-3-5-7-10(6-4-2)12-11(13)8-9-14-12;1-3(2)4/h3,5-6,8-9,13H,4,7H2,1-2H3;1-2H3/b5-3-,10-6+;. The Hall–Kier alpha value is -1.35. The highest BCUT2D eigenvalue weighted by atomic mass is 32.1. The first-order chi connectivity index (χ1) is 8.52. The van der Waals surface area contributed by atoms with E-state index in [1.165, 1.54) is 19.4 Å². The van der Waals surface area contributed by atoms with Gasteiger partial charge in [-0.05, 0) is 50.6 Å². The summed E-state index contributed by atoms with van der Waals surface area (Å²) >= 11 is 1.60. The fourth-order valence-electron chi connectivity index (χ4n) is 1.30. The summed E-state index contributed by atoms with van der Waals surface area (Å²) in [5.41, 5.74) is 1.22. The third-order valence-corrected chi connectivity index (χ3v) is 2.94. The van der Waals surface area contributed by atoms with Crippen LogP contribution in [0.2, 0.25) is 0 Å². The van der Waals surface area contributed by atoms with E-state index in [2.05, 4.69) is 19.1 Å². The second-order valence-electron chi connectivity index (χ2n) is 3.95. The van der Waals surface area contributed by atoms with Crippen LogP contribution in [-0.4, -0.2) is 10.9 Å². The van der Waals surface area contributed by atoms with Crippen LogP contribution >= 0.6 is 11.3 Å². The van der Waals surface area contributed by atoms with Gasteiger partial charge in [0.05, 0.1) is 4.88 Å². The molecule has 1 heterocycles. The molecular weight excluding hydrogens is 244 g/mol. The Morgan fingerprint density at radius 3 is 2.44 bits per heavy atom. The van der Waals surface area contributed by atoms with Gasteiger partial charge in [-0.3, -0.25) is 0 Å². The molecule has 0 radical (unpaired) electrons. The van der Waals surface area contributed by atoms with E-state index >= 15 is 0 Å². The van der Waals surface area contributed by atoms with Crippen molar-refractivity contribution in [2.24, 2.45) is 0 Å². The maximum absolute atomic E-state index is 9.59. The zero-order valence-corrected chi connectivity index (χ0v) is 12.4. The molecule has 100 valence electrons. The summed E-state index contributed by atoms with van der Waals surface area (Å²) in [7, 11) is 0. The fraction of sp³-hybridized carbons (Fsp3) is 0.400. The van der Waals surface area contributed by atoms with Gasteiger partial charge in [-0.2, -0.15) is 0 Å². The smallest absolute Gasteiger partial charge is 0.133 e. The minimum absolute atomic E-state index is 0.167. The maximum Gasteiger partial charge on any atom is 0.133 e. The number of rotatable bonds is 4. The maximum atomic E-state index is 9.59. The summed E-state index contributed by atoms with van der Waals surface area (Å²) in [6.07, 6.45) is 8.23. The Labute approximate surface area is 114 Å². The lowest BCUT2D eigenvalue weighted by molar-refractivity contribution is -0.114. The second-order valence-corrected chi connectivity index (χ2v) is 4.87. The van der Waals surface area contributed by atoms with Crippen LogP contribution in [0.15, 0.2) is 29.7 Å². The molecule has 1 aromatic rings. The molecule has 1 N–H and O–H groups in total. The fourth-order valence-corrected chi connectivity index (χ4v) is 2.14. The van der Waals surface area contributed by atoms with Crippen molar-refractivity contribution < 1.29 is 9.90 Å². The summed E-state index contributed by atoms with van der Waals surface area (Å²) in [6, 6.07) is 1.75. The highest BCUT2D eigenvalue weighted by molar-refractivity contribution is 7.11. The molecule has 0 aliphatic heterocycles. The molecule has 0 aromatic carbocycles. The molecular formula is C15H22O2S. The van der Waals surface area contributed by atoms with Gasteiger partial charge in [0.1, 0.15) is 11.5 Å². The van der Waals surface area contributed by atoms with Gasteiger partial charge >= 0.3 is 0 Å². The number of carbonyl (C=O) groups excluding carboxylic acids is 1.